The molecule has 2 N–H and O–H groups in total. The number of amides is 1. The predicted molar refractivity (Wildman–Crippen MR) is 124 cm³/mol. The number of carbonyl (C=O) groups excluding carboxylic acids is 1. The topological polar surface area (TPSA) is 60.0 Å². The van der Waals surface area contributed by atoms with Crippen LogP contribution in [-0.4, -0.2) is 67.0 Å². The van der Waals surface area contributed by atoms with Gasteiger partial charge in [-0.1, -0.05) is 52.0 Å². The quantitative estimate of drug-likeness (QED) is 0.556. The number of rotatable bonds is 6. The van der Waals surface area contributed by atoms with E-state index < -0.39 is 0 Å². The molecule has 0 aliphatic carbocycles. The van der Waals surface area contributed by atoms with E-state index in [4.69, 9.17) is 0 Å². The van der Waals surface area contributed by atoms with Gasteiger partial charge in [0.2, 0.25) is 5.91 Å². The van der Waals surface area contributed by atoms with Crippen molar-refractivity contribution >= 4 is 11.9 Å². The van der Waals surface area contributed by atoms with Crippen molar-refractivity contribution in [1.29, 1.82) is 0 Å². The van der Waals surface area contributed by atoms with Gasteiger partial charge in [0.05, 0.1) is 0 Å². The molecule has 2 unspecified atom stereocenters. The van der Waals surface area contributed by atoms with Crippen molar-refractivity contribution < 1.29 is 4.79 Å². The Morgan fingerprint density at radius 1 is 1.17 bits per heavy atom. The van der Waals surface area contributed by atoms with Gasteiger partial charge in [-0.25, -0.2) is 0 Å². The molecule has 0 aromatic heterocycles. The lowest BCUT2D eigenvalue weighted by molar-refractivity contribution is -0.133. The van der Waals surface area contributed by atoms with Crippen LogP contribution in [-0.2, 0) is 17.8 Å². The third-order valence-electron chi connectivity index (χ3n) is 6.44. The lowest BCUT2D eigenvalue weighted by Gasteiger charge is -2.38. The Balaban J connectivity index is 1.53. The fourth-order valence-electron chi connectivity index (χ4n) is 4.62. The van der Waals surface area contributed by atoms with Crippen molar-refractivity contribution in [3.63, 3.8) is 0 Å². The van der Waals surface area contributed by atoms with Crippen LogP contribution in [0.15, 0.2) is 29.3 Å². The number of nitrogens with zero attached hydrogens (tertiary/aromatic N) is 3. The first kappa shape index (κ1) is 22.6. The third kappa shape index (κ3) is 5.54. The zero-order chi connectivity index (χ0) is 21.7. The number of aliphatic imine (C=N–C) groups is 1. The summed E-state index contributed by atoms with van der Waals surface area (Å²) < 4.78 is 0. The van der Waals surface area contributed by atoms with E-state index in [1.54, 1.807) is 0 Å². The van der Waals surface area contributed by atoms with E-state index in [1.165, 1.54) is 11.1 Å². The molecule has 1 fully saturated rings. The van der Waals surface area contributed by atoms with Crippen LogP contribution >= 0.6 is 0 Å². The number of fused-ring (bicyclic) bond motifs is 1. The second-order valence-electron chi connectivity index (χ2n) is 9.32. The minimum absolute atomic E-state index is 0.0580. The second-order valence-corrected chi connectivity index (χ2v) is 9.32. The monoisotopic (exact) mass is 413 g/mol. The van der Waals surface area contributed by atoms with Gasteiger partial charge >= 0.3 is 0 Å². The molecule has 0 radical (unpaired) electrons. The molecule has 3 rings (SSSR count). The van der Waals surface area contributed by atoms with Crippen LogP contribution in [0.25, 0.3) is 0 Å². The molecule has 0 bridgehead atoms. The molecule has 30 heavy (non-hydrogen) atoms. The molecule has 2 atom stereocenters. The summed E-state index contributed by atoms with van der Waals surface area (Å²) in [6, 6.07) is 9.52. The maximum Gasteiger partial charge on any atom is 0.225 e. The SMILES string of the molecule is CN=C(NCC(C(C)C)N1CCc2ccccc2C1)NC1CCN(C(=O)C(C)C)C1. The Kier molecular flexibility index (Phi) is 7.75. The lowest BCUT2D eigenvalue weighted by atomic mass is 9.95. The summed E-state index contributed by atoms with van der Waals surface area (Å²) in [6.45, 7) is 13.1. The summed E-state index contributed by atoms with van der Waals surface area (Å²) in [7, 11) is 1.82. The van der Waals surface area contributed by atoms with E-state index in [0.717, 1.165) is 51.5 Å². The van der Waals surface area contributed by atoms with E-state index >= 15 is 0 Å². The summed E-state index contributed by atoms with van der Waals surface area (Å²) in [5.74, 6) is 1.68. The number of benzene rings is 1. The first-order valence-electron chi connectivity index (χ1n) is 11.5. The van der Waals surface area contributed by atoms with Gasteiger partial charge in [0.1, 0.15) is 0 Å². The van der Waals surface area contributed by atoms with Crippen molar-refractivity contribution in [2.45, 2.75) is 59.2 Å². The highest BCUT2D eigenvalue weighted by atomic mass is 16.2. The molecular formula is C24H39N5O. The molecule has 6 nitrogen and oxygen atoms in total. The van der Waals surface area contributed by atoms with Crippen LogP contribution in [0.4, 0.5) is 0 Å². The van der Waals surface area contributed by atoms with Crippen LogP contribution in [0.2, 0.25) is 0 Å². The van der Waals surface area contributed by atoms with Crippen molar-refractivity contribution in [2.75, 3.05) is 33.2 Å². The highest BCUT2D eigenvalue weighted by Gasteiger charge is 2.29. The van der Waals surface area contributed by atoms with Gasteiger partial charge in [-0.3, -0.25) is 14.7 Å². The average Bonchev–Trinajstić information content (AvgIpc) is 3.20. The van der Waals surface area contributed by atoms with E-state index in [-0.39, 0.29) is 17.9 Å². The van der Waals surface area contributed by atoms with Gasteiger partial charge in [0, 0.05) is 57.8 Å². The fraction of sp³-hybridized carbons (Fsp3) is 0.667. The fourth-order valence-corrected chi connectivity index (χ4v) is 4.62. The number of hydrogen-bond donors (Lipinski definition) is 2. The van der Waals surface area contributed by atoms with Gasteiger partial charge < -0.3 is 15.5 Å². The van der Waals surface area contributed by atoms with Crippen molar-refractivity contribution in [3.05, 3.63) is 35.4 Å². The molecule has 1 aromatic rings. The average molecular weight is 414 g/mol. The number of nitrogens with one attached hydrogen (secondary N) is 2. The molecule has 6 heteroatoms. The van der Waals surface area contributed by atoms with Crippen LogP contribution in [0.3, 0.4) is 0 Å². The summed E-state index contributed by atoms with van der Waals surface area (Å²) in [5.41, 5.74) is 2.95. The summed E-state index contributed by atoms with van der Waals surface area (Å²) in [6.07, 6.45) is 2.09. The predicted octanol–water partition coefficient (Wildman–Crippen LogP) is 2.49. The van der Waals surface area contributed by atoms with Crippen molar-refractivity contribution in [3.8, 4) is 0 Å². The Hall–Kier alpha value is -2.08. The molecule has 1 amide bonds. The first-order valence-corrected chi connectivity index (χ1v) is 11.5. The minimum Gasteiger partial charge on any atom is -0.355 e. The maximum absolute atomic E-state index is 12.2. The van der Waals surface area contributed by atoms with Crippen molar-refractivity contribution in [2.24, 2.45) is 16.8 Å². The van der Waals surface area contributed by atoms with E-state index in [2.05, 4.69) is 58.6 Å². The van der Waals surface area contributed by atoms with Crippen LogP contribution < -0.4 is 10.6 Å². The number of guanidine groups is 1. The second kappa shape index (κ2) is 10.3. The molecule has 2 aliphatic rings. The molecule has 1 aromatic carbocycles. The number of likely N-dealkylation sites (tertiary alicyclic amines) is 1. The smallest absolute Gasteiger partial charge is 0.225 e. The minimum atomic E-state index is 0.0580. The standard InChI is InChI=1S/C24H39N5O/c1-17(2)22(28-12-10-19-8-6-7-9-20(19)15-28)14-26-24(25-5)27-21-11-13-29(16-21)23(30)18(3)4/h6-9,17-18,21-22H,10-16H2,1-5H3,(H2,25,26,27). The van der Waals surface area contributed by atoms with Crippen LogP contribution in [0.5, 0.6) is 0 Å². The van der Waals surface area contributed by atoms with Gasteiger partial charge in [-0.2, -0.15) is 0 Å². The molecule has 0 spiro atoms. The van der Waals surface area contributed by atoms with Gasteiger partial charge in [-0.05, 0) is 29.9 Å². The Morgan fingerprint density at radius 3 is 2.57 bits per heavy atom. The number of hydrogen-bond acceptors (Lipinski definition) is 3. The Morgan fingerprint density at radius 2 is 1.90 bits per heavy atom. The zero-order valence-corrected chi connectivity index (χ0v) is 19.3. The highest BCUT2D eigenvalue weighted by molar-refractivity contribution is 5.81. The summed E-state index contributed by atoms with van der Waals surface area (Å²) >= 11 is 0. The Labute approximate surface area is 182 Å². The van der Waals surface area contributed by atoms with Gasteiger partial charge in [0.25, 0.3) is 0 Å². The zero-order valence-electron chi connectivity index (χ0n) is 19.3. The molecule has 2 aliphatic heterocycles. The number of carbonyl (C=O) groups is 1. The van der Waals surface area contributed by atoms with E-state index in [1.807, 2.05) is 25.8 Å². The van der Waals surface area contributed by atoms with E-state index in [9.17, 15) is 4.79 Å². The van der Waals surface area contributed by atoms with E-state index in [0.29, 0.717) is 12.0 Å². The summed E-state index contributed by atoms with van der Waals surface area (Å²) in [4.78, 5) is 21.3. The highest BCUT2D eigenvalue weighted by Crippen LogP contribution is 2.23. The molecule has 2 heterocycles. The summed E-state index contributed by atoms with van der Waals surface area (Å²) in [5, 5.41) is 7.09. The molecular weight excluding hydrogens is 374 g/mol. The third-order valence-corrected chi connectivity index (χ3v) is 6.44. The van der Waals surface area contributed by atoms with Crippen molar-refractivity contribution in [1.82, 2.24) is 20.4 Å². The molecule has 166 valence electrons. The van der Waals surface area contributed by atoms with Crippen LogP contribution in [0.1, 0.15) is 45.2 Å². The van der Waals surface area contributed by atoms with Gasteiger partial charge in [0.15, 0.2) is 5.96 Å². The van der Waals surface area contributed by atoms with Crippen LogP contribution in [0, 0.1) is 11.8 Å². The largest absolute Gasteiger partial charge is 0.355 e. The van der Waals surface area contributed by atoms with Gasteiger partial charge in [-0.15, -0.1) is 0 Å². The normalized spacial score (nSPS) is 21.1. The first-order chi connectivity index (χ1) is 14.4. The molecule has 0 saturated carbocycles. The lowest BCUT2D eigenvalue weighted by Crippen LogP contribution is -2.52. The Bertz CT molecular complexity index is 745. The maximum atomic E-state index is 12.2. The molecule has 1 saturated heterocycles.